The van der Waals surface area contributed by atoms with E-state index in [0.717, 1.165) is 11.3 Å². The molecule has 2 aliphatic heterocycles. The van der Waals surface area contributed by atoms with Crippen LogP contribution in [0.2, 0.25) is 0 Å². The summed E-state index contributed by atoms with van der Waals surface area (Å²) in [5.41, 5.74) is 6.14. The lowest BCUT2D eigenvalue weighted by molar-refractivity contribution is -0.913. The van der Waals surface area contributed by atoms with Gasteiger partial charge in [0.2, 0.25) is 0 Å². The van der Waals surface area contributed by atoms with Crippen LogP contribution in [0.4, 0.5) is 5.13 Å². The minimum absolute atomic E-state index is 0.0645. The predicted octanol–water partition coefficient (Wildman–Crippen LogP) is -1.95. The summed E-state index contributed by atoms with van der Waals surface area (Å²) in [4.78, 5) is 46.7. The number of thioether (sulfide) groups is 1. The first-order valence-corrected chi connectivity index (χ1v) is 13.6. The van der Waals surface area contributed by atoms with Crippen molar-refractivity contribution in [3.63, 3.8) is 0 Å². The molecule has 200 valence electrons. The number of nitrogens with two attached hydrogens (primary N) is 1. The molecule has 12 nitrogen and oxygen atoms in total. The van der Waals surface area contributed by atoms with Crippen LogP contribution in [0.25, 0.3) is 0 Å². The van der Waals surface area contributed by atoms with Crippen molar-refractivity contribution in [3.05, 3.63) is 34.4 Å². The molecule has 2 unspecified atom stereocenters. The number of amides is 1. The van der Waals surface area contributed by atoms with E-state index in [4.69, 9.17) is 10.6 Å². The van der Waals surface area contributed by atoms with Gasteiger partial charge in [-0.05, 0) is 17.2 Å². The predicted molar refractivity (Wildman–Crippen MR) is 135 cm³/mol. The first kappa shape index (κ1) is 27.3. The van der Waals surface area contributed by atoms with Gasteiger partial charge >= 0.3 is 0 Å². The van der Waals surface area contributed by atoms with E-state index in [0.29, 0.717) is 41.9 Å². The van der Waals surface area contributed by atoms with Crippen molar-refractivity contribution < 1.29 is 39.0 Å². The molecule has 3 heterocycles. The number of aliphatic carboxylic acids is 1. The third-order valence-corrected chi connectivity index (χ3v) is 9.01. The van der Waals surface area contributed by atoms with Gasteiger partial charge in [-0.25, -0.2) is 4.98 Å². The smallest absolute Gasteiger partial charge is 0.276 e. The molecule has 0 aromatic carbocycles. The zero-order chi connectivity index (χ0) is 26.9. The number of nitrogens with one attached hydrogen (secondary N) is 1. The number of nitrogens with zero attached hydrogens (tertiary/aromatic N) is 3. The number of likely N-dealkylation sites (tertiary alicyclic amines) is 1. The van der Waals surface area contributed by atoms with Crippen molar-refractivity contribution >= 4 is 51.6 Å². The number of Topliss-reactive ketones (excluding diaryl/α,β-unsaturated/α-hetero) is 1. The van der Waals surface area contributed by atoms with Crippen LogP contribution in [0.5, 0.6) is 0 Å². The van der Waals surface area contributed by atoms with Crippen molar-refractivity contribution in [2.75, 3.05) is 45.3 Å². The topological polar surface area (TPSA) is 187 Å². The van der Waals surface area contributed by atoms with Crippen LogP contribution in [0, 0.1) is 5.92 Å². The Bertz CT molecular complexity index is 1180. The zero-order valence-electron chi connectivity index (χ0n) is 20.3. The molecule has 5 N–H and O–H groups in total. The van der Waals surface area contributed by atoms with Gasteiger partial charge < -0.3 is 40.5 Å². The van der Waals surface area contributed by atoms with Gasteiger partial charge in [0.1, 0.15) is 31.5 Å². The highest BCUT2D eigenvalue weighted by molar-refractivity contribution is 8.00. The maximum Gasteiger partial charge on any atom is 0.276 e. The average Bonchev–Trinajstić information content (AvgIpc) is 3.28. The van der Waals surface area contributed by atoms with Crippen molar-refractivity contribution in [3.8, 4) is 0 Å². The van der Waals surface area contributed by atoms with Crippen LogP contribution in [0.3, 0.4) is 0 Å². The normalized spacial score (nSPS) is 32.2. The second-order valence-electron chi connectivity index (χ2n) is 9.56. The number of thiazole rings is 1. The number of allylic oxidation sites excluding steroid dienone is 1. The van der Waals surface area contributed by atoms with Crippen LogP contribution in [0.15, 0.2) is 33.8 Å². The second-order valence-corrected chi connectivity index (χ2v) is 11.6. The number of aliphatic hydroxyl groups excluding tert-OH is 2. The number of nitrogen functional groups attached to an aromatic ring is 1. The molecule has 2 fully saturated rings. The largest absolute Gasteiger partial charge is 0.545 e. The van der Waals surface area contributed by atoms with Gasteiger partial charge in [0.25, 0.3) is 5.91 Å². The Morgan fingerprint density at radius 3 is 2.78 bits per heavy atom. The molecule has 3 aliphatic rings. The van der Waals surface area contributed by atoms with Crippen LogP contribution < -0.4 is 16.2 Å². The monoisotopic (exact) mass is 551 g/mol. The Balaban J connectivity index is 1.46. The zero-order valence-corrected chi connectivity index (χ0v) is 22.0. The summed E-state index contributed by atoms with van der Waals surface area (Å²) >= 11 is 2.51. The summed E-state index contributed by atoms with van der Waals surface area (Å²) in [5, 5.41) is 39.5. The SMILES string of the molecule is CO/N=C(\C(=O)N[C@@H]1C(=O)C2C(C(=O)[O-])=C(/C=C/C[N+]3(C)CC[C@H](O)[C@H](O)C3)CS[C@@H]21)c1csc(N)n1. The fourth-order valence-electron chi connectivity index (χ4n) is 4.92. The number of rotatable bonds is 8. The molecular weight excluding hydrogens is 522 g/mol. The Morgan fingerprint density at radius 2 is 2.16 bits per heavy atom. The quantitative estimate of drug-likeness (QED) is 0.161. The molecule has 1 aliphatic carbocycles. The highest BCUT2D eigenvalue weighted by Gasteiger charge is 2.55. The minimum Gasteiger partial charge on any atom is -0.545 e. The molecule has 4 rings (SSSR count). The van der Waals surface area contributed by atoms with E-state index in [1.807, 2.05) is 13.1 Å². The van der Waals surface area contributed by atoms with Gasteiger partial charge in [-0.15, -0.1) is 11.3 Å². The first-order chi connectivity index (χ1) is 17.5. The van der Waals surface area contributed by atoms with Gasteiger partial charge in [-0.2, -0.15) is 11.8 Å². The summed E-state index contributed by atoms with van der Waals surface area (Å²) in [5.74, 6) is -3.09. The highest BCUT2D eigenvalue weighted by atomic mass is 32.2. The number of quaternary nitrogens is 1. The van der Waals surface area contributed by atoms with E-state index >= 15 is 0 Å². The lowest BCUT2D eigenvalue weighted by Crippen LogP contribution is -2.66. The van der Waals surface area contributed by atoms with E-state index in [9.17, 15) is 29.7 Å². The molecule has 0 radical (unpaired) electrons. The molecule has 37 heavy (non-hydrogen) atoms. The Kier molecular flexibility index (Phi) is 8.04. The minimum atomic E-state index is -1.41. The maximum atomic E-state index is 13.0. The van der Waals surface area contributed by atoms with E-state index in [-0.39, 0.29) is 22.1 Å². The summed E-state index contributed by atoms with van der Waals surface area (Å²) in [7, 11) is 3.23. The lowest BCUT2D eigenvalue weighted by atomic mass is 9.71. The number of hydrogen-bond acceptors (Lipinski definition) is 12. The number of oxime groups is 1. The molecule has 1 aromatic heterocycles. The Labute approximate surface area is 221 Å². The van der Waals surface area contributed by atoms with Crippen LogP contribution in [0.1, 0.15) is 12.1 Å². The van der Waals surface area contributed by atoms with E-state index < -0.39 is 47.1 Å². The highest BCUT2D eigenvalue weighted by Crippen LogP contribution is 2.45. The number of anilines is 1. The fourth-order valence-corrected chi connectivity index (χ4v) is 6.95. The van der Waals surface area contributed by atoms with Crippen LogP contribution in [-0.4, -0.2) is 106 Å². The number of carbonyl (C=O) groups is 3. The molecule has 0 spiro atoms. The molecule has 0 bridgehead atoms. The second kappa shape index (κ2) is 10.9. The third kappa shape index (κ3) is 5.57. The van der Waals surface area contributed by atoms with Gasteiger partial charge in [-0.1, -0.05) is 11.2 Å². The Hall–Kier alpha value is -2.78. The van der Waals surface area contributed by atoms with Crippen molar-refractivity contribution in [1.82, 2.24) is 10.3 Å². The van der Waals surface area contributed by atoms with Crippen molar-refractivity contribution in [2.45, 2.75) is 29.9 Å². The first-order valence-electron chi connectivity index (χ1n) is 11.6. The summed E-state index contributed by atoms with van der Waals surface area (Å²) in [6.07, 6.45) is 2.47. The van der Waals surface area contributed by atoms with Gasteiger partial charge in [0.15, 0.2) is 16.6 Å². The third-order valence-electron chi connectivity index (χ3n) is 6.93. The molecule has 14 heteroatoms. The number of carboxylic acids is 1. The maximum absolute atomic E-state index is 13.0. The number of fused-ring (bicyclic) bond motifs is 1. The van der Waals surface area contributed by atoms with Gasteiger partial charge in [-0.3, -0.25) is 9.59 Å². The molecule has 1 aromatic rings. The fraction of sp³-hybridized carbons (Fsp3) is 0.522. The summed E-state index contributed by atoms with van der Waals surface area (Å²) in [6.45, 7) is 1.59. The number of carbonyl (C=O) groups excluding carboxylic acids is 3. The van der Waals surface area contributed by atoms with Gasteiger partial charge in [0.05, 0.1) is 38.1 Å². The number of aliphatic hydroxyl groups is 2. The van der Waals surface area contributed by atoms with E-state index in [2.05, 4.69) is 15.5 Å². The molecule has 1 amide bonds. The number of likely N-dealkylation sites (N-methyl/N-ethyl adjacent to an activating group) is 1. The lowest BCUT2D eigenvalue weighted by Gasteiger charge is -2.47. The molecule has 1 saturated carbocycles. The number of ketones is 1. The Morgan fingerprint density at radius 1 is 1.41 bits per heavy atom. The summed E-state index contributed by atoms with van der Waals surface area (Å²) in [6, 6.07) is -0.897. The average molecular weight is 552 g/mol. The number of aromatic nitrogens is 1. The van der Waals surface area contributed by atoms with E-state index in [1.54, 1.807) is 11.5 Å². The van der Waals surface area contributed by atoms with Gasteiger partial charge in [0, 0.05) is 22.8 Å². The summed E-state index contributed by atoms with van der Waals surface area (Å²) < 4.78 is 0.505. The van der Waals surface area contributed by atoms with Crippen LogP contribution in [-0.2, 0) is 19.2 Å². The van der Waals surface area contributed by atoms with E-state index in [1.165, 1.54) is 18.9 Å². The number of piperidine rings is 1. The molecule has 1 saturated heterocycles. The van der Waals surface area contributed by atoms with Crippen LogP contribution >= 0.6 is 23.1 Å². The van der Waals surface area contributed by atoms with Crippen molar-refractivity contribution in [2.24, 2.45) is 11.1 Å². The molecule has 6 atom stereocenters. The number of carboxylic acid groups (broad SMARTS) is 1. The number of hydrogen-bond donors (Lipinski definition) is 4. The standard InChI is InChI=1S/C23H29N5O7S2/c1-28(7-5-13(29)14(30)8-28)6-3-4-11-9-36-20-16(15(11)22(33)34)19(31)18(20)26-21(32)17(27-35-2)12-10-37-23(24)25-12/h3-4,10,13-14,16,18,20,29-30H,5-9H2,1-2H3,(H3-,24,25,26,32,33,34)/b4-3+,27-17-/t13-,14+,16?,18+,20-,28?/m0/s1. The molecular formula is C23H29N5O7S2. The van der Waals surface area contributed by atoms with Crippen molar-refractivity contribution in [1.29, 1.82) is 0 Å².